The van der Waals surface area contributed by atoms with Crippen molar-refractivity contribution in [1.29, 1.82) is 0 Å². The molecule has 1 rings (SSSR count). The van der Waals surface area contributed by atoms with Gasteiger partial charge in [-0.1, -0.05) is 39.0 Å². The third-order valence-electron chi connectivity index (χ3n) is 3.81. The molecule has 1 atom stereocenters. The maximum atomic E-state index is 13.0. The number of allylic oxidation sites excluding steroid dienone is 1. The van der Waals surface area contributed by atoms with Gasteiger partial charge in [0, 0.05) is 11.5 Å². The van der Waals surface area contributed by atoms with E-state index in [1.807, 2.05) is 18.2 Å². The lowest BCUT2D eigenvalue weighted by Crippen LogP contribution is -2.44. The van der Waals surface area contributed by atoms with Gasteiger partial charge in [0.1, 0.15) is 5.82 Å². The standard InChI is InChI=1S/C17H26FN/c1-5-7-8-9-16(19-6-2)17(3,4)14-10-12-15(18)13-11-14/h5,10-13,16,19H,1,6-9H2,2-4H3. The van der Waals surface area contributed by atoms with Crippen molar-refractivity contribution in [3.63, 3.8) is 0 Å². The third kappa shape index (κ3) is 4.46. The van der Waals surface area contributed by atoms with Crippen LogP contribution in [0.15, 0.2) is 36.9 Å². The van der Waals surface area contributed by atoms with E-state index < -0.39 is 0 Å². The predicted molar refractivity (Wildman–Crippen MR) is 80.9 cm³/mol. The van der Waals surface area contributed by atoms with Gasteiger partial charge < -0.3 is 5.32 Å². The highest BCUT2D eigenvalue weighted by atomic mass is 19.1. The second-order valence-corrected chi connectivity index (χ2v) is 5.56. The van der Waals surface area contributed by atoms with Gasteiger partial charge in [-0.05, 0) is 43.5 Å². The van der Waals surface area contributed by atoms with Crippen LogP contribution in [-0.4, -0.2) is 12.6 Å². The van der Waals surface area contributed by atoms with Crippen molar-refractivity contribution in [2.45, 2.75) is 51.5 Å². The molecule has 0 aliphatic heterocycles. The molecule has 1 aromatic rings. The van der Waals surface area contributed by atoms with E-state index in [0.717, 1.165) is 25.8 Å². The highest BCUT2D eigenvalue weighted by Crippen LogP contribution is 2.30. The third-order valence-corrected chi connectivity index (χ3v) is 3.81. The van der Waals surface area contributed by atoms with Crippen molar-refractivity contribution < 1.29 is 4.39 Å². The summed E-state index contributed by atoms with van der Waals surface area (Å²) in [5.74, 6) is -0.175. The van der Waals surface area contributed by atoms with E-state index in [1.165, 1.54) is 5.56 Å². The van der Waals surface area contributed by atoms with Gasteiger partial charge >= 0.3 is 0 Å². The Balaban J connectivity index is 2.84. The van der Waals surface area contributed by atoms with E-state index in [4.69, 9.17) is 0 Å². The molecule has 0 aliphatic carbocycles. The van der Waals surface area contributed by atoms with Crippen LogP contribution in [0.4, 0.5) is 4.39 Å². The minimum Gasteiger partial charge on any atom is -0.313 e. The second-order valence-electron chi connectivity index (χ2n) is 5.56. The van der Waals surface area contributed by atoms with Gasteiger partial charge in [-0.25, -0.2) is 4.39 Å². The second kappa shape index (κ2) is 7.44. The van der Waals surface area contributed by atoms with Gasteiger partial charge in [-0.2, -0.15) is 0 Å². The molecule has 0 saturated carbocycles. The van der Waals surface area contributed by atoms with Crippen LogP contribution in [-0.2, 0) is 5.41 Å². The number of benzene rings is 1. The Morgan fingerprint density at radius 2 is 1.95 bits per heavy atom. The van der Waals surface area contributed by atoms with Crippen LogP contribution in [0.25, 0.3) is 0 Å². The smallest absolute Gasteiger partial charge is 0.123 e. The van der Waals surface area contributed by atoms with Crippen molar-refractivity contribution in [2.75, 3.05) is 6.54 Å². The van der Waals surface area contributed by atoms with Gasteiger partial charge in [0.25, 0.3) is 0 Å². The lowest BCUT2D eigenvalue weighted by atomic mass is 9.75. The van der Waals surface area contributed by atoms with E-state index >= 15 is 0 Å². The van der Waals surface area contributed by atoms with Crippen LogP contribution in [0.1, 0.15) is 45.6 Å². The van der Waals surface area contributed by atoms with Crippen LogP contribution in [0, 0.1) is 5.82 Å². The van der Waals surface area contributed by atoms with Crippen LogP contribution >= 0.6 is 0 Å². The molecule has 1 aromatic carbocycles. The van der Waals surface area contributed by atoms with Crippen molar-refractivity contribution in [3.8, 4) is 0 Å². The summed E-state index contributed by atoms with van der Waals surface area (Å²) in [6.07, 6.45) is 5.24. The van der Waals surface area contributed by atoms with Crippen LogP contribution in [0.3, 0.4) is 0 Å². The Kier molecular flexibility index (Phi) is 6.23. The molecular formula is C17H26FN. The van der Waals surface area contributed by atoms with Crippen molar-refractivity contribution >= 4 is 0 Å². The molecule has 2 heteroatoms. The van der Waals surface area contributed by atoms with Crippen molar-refractivity contribution in [3.05, 3.63) is 48.3 Å². The summed E-state index contributed by atoms with van der Waals surface area (Å²) >= 11 is 0. The van der Waals surface area contributed by atoms with Crippen LogP contribution in [0.2, 0.25) is 0 Å². The molecule has 19 heavy (non-hydrogen) atoms. The topological polar surface area (TPSA) is 12.0 Å². The largest absolute Gasteiger partial charge is 0.313 e. The molecule has 0 spiro atoms. The van der Waals surface area contributed by atoms with E-state index in [0.29, 0.717) is 6.04 Å². The SMILES string of the molecule is C=CCCCC(NCC)C(C)(C)c1ccc(F)cc1. The number of hydrogen-bond acceptors (Lipinski definition) is 1. The summed E-state index contributed by atoms with van der Waals surface area (Å²) in [5, 5.41) is 3.57. The number of hydrogen-bond donors (Lipinski definition) is 1. The zero-order valence-corrected chi connectivity index (χ0v) is 12.4. The van der Waals surface area contributed by atoms with E-state index in [-0.39, 0.29) is 11.2 Å². The first-order chi connectivity index (χ1) is 9.02. The molecule has 106 valence electrons. The van der Waals surface area contributed by atoms with Crippen LogP contribution in [0.5, 0.6) is 0 Å². The lowest BCUT2D eigenvalue weighted by molar-refractivity contribution is 0.322. The first-order valence-electron chi connectivity index (χ1n) is 7.12. The average Bonchev–Trinajstić information content (AvgIpc) is 2.38. The number of unbranched alkanes of at least 4 members (excludes halogenated alkanes) is 1. The Morgan fingerprint density at radius 1 is 1.32 bits per heavy atom. The normalized spacial score (nSPS) is 13.3. The molecule has 1 N–H and O–H groups in total. The lowest BCUT2D eigenvalue weighted by Gasteiger charge is -2.36. The number of rotatable bonds is 8. The Labute approximate surface area is 116 Å². The van der Waals surface area contributed by atoms with E-state index in [2.05, 4.69) is 32.7 Å². The first-order valence-corrected chi connectivity index (χ1v) is 7.12. The zero-order chi connectivity index (χ0) is 14.3. The zero-order valence-electron chi connectivity index (χ0n) is 12.4. The summed E-state index contributed by atoms with van der Waals surface area (Å²) in [6, 6.07) is 7.27. The summed E-state index contributed by atoms with van der Waals surface area (Å²) in [4.78, 5) is 0. The molecule has 1 nitrogen and oxygen atoms in total. The summed E-state index contributed by atoms with van der Waals surface area (Å²) in [5.41, 5.74) is 1.17. The highest BCUT2D eigenvalue weighted by Gasteiger charge is 2.30. The van der Waals surface area contributed by atoms with E-state index in [9.17, 15) is 4.39 Å². The molecule has 0 heterocycles. The molecular weight excluding hydrogens is 237 g/mol. The summed E-state index contributed by atoms with van der Waals surface area (Å²) in [7, 11) is 0. The fourth-order valence-electron chi connectivity index (χ4n) is 2.51. The van der Waals surface area contributed by atoms with Crippen LogP contribution < -0.4 is 5.32 Å². The van der Waals surface area contributed by atoms with Gasteiger partial charge in [0.2, 0.25) is 0 Å². The number of nitrogens with one attached hydrogen (secondary N) is 1. The van der Waals surface area contributed by atoms with Gasteiger partial charge in [0.05, 0.1) is 0 Å². The quantitative estimate of drug-likeness (QED) is 0.540. The van der Waals surface area contributed by atoms with Crippen molar-refractivity contribution in [2.24, 2.45) is 0 Å². The molecule has 1 unspecified atom stereocenters. The monoisotopic (exact) mass is 263 g/mol. The Hall–Kier alpha value is -1.15. The molecule has 0 amide bonds. The Bertz CT molecular complexity index is 381. The fourth-order valence-corrected chi connectivity index (χ4v) is 2.51. The molecule has 0 bridgehead atoms. The van der Waals surface area contributed by atoms with Crippen molar-refractivity contribution in [1.82, 2.24) is 5.32 Å². The molecule has 0 aromatic heterocycles. The summed E-state index contributed by atoms with van der Waals surface area (Å²) < 4.78 is 13.0. The predicted octanol–water partition coefficient (Wildman–Crippen LogP) is 4.44. The summed E-state index contributed by atoms with van der Waals surface area (Å²) in [6.45, 7) is 11.3. The minimum atomic E-state index is -0.175. The highest BCUT2D eigenvalue weighted by molar-refractivity contribution is 5.26. The molecule has 0 radical (unpaired) electrons. The first kappa shape index (κ1) is 15.9. The fraction of sp³-hybridized carbons (Fsp3) is 0.529. The maximum absolute atomic E-state index is 13.0. The van der Waals surface area contributed by atoms with Gasteiger partial charge in [-0.15, -0.1) is 6.58 Å². The number of halogens is 1. The van der Waals surface area contributed by atoms with E-state index in [1.54, 1.807) is 12.1 Å². The molecule has 0 fully saturated rings. The van der Waals surface area contributed by atoms with Gasteiger partial charge in [-0.3, -0.25) is 0 Å². The van der Waals surface area contributed by atoms with Gasteiger partial charge in [0.15, 0.2) is 0 Å². The minimum absolute atomic E-state index is 0.00905. The Morgan fingerprint density at radius 3 is 2.47 bits per heavy atom. The molecule has 0 saturated heterocycles. The maximum Gasteiger partial charge on any atom is 0.123 e. The number of likely N-dealkylation sites (N-methyl/N-ethyl adjacent to an activating group) is 1. The average molecular weight is 263 g/mol. The molecule has 0 aliphatic rings.